The maximum Gasteiger partial charge on any atom is 0.251 e. The van der Waals surface area contributed by atoms with Gasteiger partial charge in [-0.1, -0.05) is 26.2 Å². The summed E-state index contributed by atoms with van der Waals surface area (Å²) in [6.07, 6.45) is 6.09. The molecule has 0 aromatic heterocycles. The standard InChI is InChI=1S/C12H25N3O2/c1-2-6-11(12(17)14-13)15-8-5-3-4-7-10(15)9-16/h10-11,16H,2-9,13H2,1H3,(H,14,17). The van der Waals surface area contributed by atoms with Crippen molar-refractivity contribution >= 4 is 5.91 Å². The van der Waals surface area contributed by atoms with Gasteiger partial charge >= 0.3 is 0 Å². The zero-order valence-electron chi connectivity index (χ0n) is 10.7. The second kappa shape index (κ2) is 7.63. The first-order chi connectivity index (χ1) is 8.24. The molecule has 1 heterocycles. The number of nitrogens with two attached hydrogens (primary N) is 1. The third kappa shape index (κ3) is 3.94. The number of nitrogens with one attached hydrogen (secondary N) is 1. The molecule has 5 nitrogen and oxygen atoms in total. The molecule has 4 N–H and O–H groups in total. The van der Waals surface area contributed by atoms with Crippen LogP contribution in [0.2, 0.25) is 0 Å². The van der Waals surface area contributed by atoms with Gasteiger partial charge in [-0.2, -0.15) is 0 Å². The van der Waals surface area contributed by atoms with Crippen molar-refractivity contribution in [3.05, 3.63) is 0 Å². The maximum absolute atomic E-state index is 11.8. The smallest absolute Gasteiger partial charge is 0.251 e. The molecular weight excluding hydrogens is 218 g/mol. The molecule has 0 spiro atoms. The Morgan fingerprint density at radius 3 is 2.88 bits per heavy atom. The van der Waals surface area contributed by atoms with Gasteiger partial charge in [0.25, 0.3) is 5.91 Å². The minimum atomic E-state index is -0.194. The van der Waals surface area contributed by atoms with Crippen LogP contribution < -0.4 is 11.3 Å². The number of carbonyl (C=O) groups excluding carboxylic acids is 1. The van der Waals surface area contributed by atoms with Crippen molar-refractivity contribution in [1.82, 2.24) is 10.3 Å². The first kappa shape index (κ1) is 14.4. The van der Waals surface area contributed by atoms with Gasteiger partial charge in [0.05, 0.1) is 12.6 Å². The average Bonchev–Trinajstić information content (AvgIpc) is 2.59. The highest BCUT2D eigenvalue weighted by Gasteiger charge is 2.30. The quantitative estimate of drug-likeness (QED) is 0.370. The lowest BCUT2D eigenvalue weighted by Crippen LogP contribution is -2.53. The third-order valence-corrected chi connectivity index (χ3v) is 3.54. The fourth-order valence-corrected chi connectivity index (χ4v) is 2.62. The zero-order valence-corrected chi connectivity index (χ0v) is 10.7. The van der Waals surface area contributed by atoms with Crippen LogP contribution >= 0.6 is 0 Å². The van der Waals surface area contributed by atoms with Gasteiger partial charge in [0.15, 0.2) is 0 Å². The maximum atomic E-state index is 11.8. The summed E-state index contributed by atoms with van der Waals surface area (Å²) < 4.78 is 0. The van der Waals surface area contributed by atoms with E-state index in [2.05, 4.69) is 17.2 Å². The molecule has 5 heteroatoms. The first-order valence-electron chi connectivity index (χ1n) is 6.61. The summed E-state index contributed by atoms with van der Waals surface area (Å²) in [7, 11) is 0. The van der Waals surface area contributed by atoms with Gasteiger partial charge in [-0.3, -0.25) is 15.1 Å². The summed E-state index contributed by atoms with van der Waals surface area (Å²) in [4.78, 5) is 14.0. The van der Waals surface area contributed by atoms with Crippen molar-refractivity contribution in [2.45, 2.75) is 57.5 Å². The number of rotatable bonds is 5. The second-order valence-electron chi connectivity index (χ2n) is 4.74. The zero-order chi connectivity index (χ0) is 12.7. The number of hydrogen-bond acceptors (Lipinski definition) is 4. The van der Waals surface area contributed by atoms with Crippen LogP contribution in [0, 0.1) is 0 Å². The van der Waals surface area contributed by atoms with E-state index in [0.717, 1.165) is 38.6 Å². The number of likely N-dealkylation sites (tertiary alicyclic amines) is 1. The van der Waals surface area contributed by atoms with E-state index in [-0.39, 0.29) is 24.6 Å². The fourth-order valence-electron chi connectivity index (χ4n) is 2.62. The highest BCUT2D eigenvalue weighted by atomic mass is 16.3. The lowest BCUT2D eigenvalue weighted by atomic mass is 10.1. The molecule has 0 saturated carbocycles. The molecular formula is C12H25N3O2. The summed E-state index contributed by atoms with van der Waals surface area (Å²) in [6, 6.07) is -0.0911. The molecule has 17 heavy (non-hydrogen) atoms. The Balaban J connectivity index is 2.76. The summed E-state index contributed by atoms with van der Waals surface area (Å²) >= 11 is 0. The molecule has 1 aliphatic heterocycles. The summed E-state index contributed by atoms with van der Waals surface area (Å²) in [5.41, 5.74) is 2.25. The van der Waals surface area contributed by atoms with Gasteiger partial charge in [0.2, 0.25) is 0 Å². The SMILES string of the molecule is CCCC(C(=O)NN)N1CCCCCC1CO. The molecule has 0 bridgehead atoms. The normalized spacial score (nSPS) is 24.1. The van der Waals surface area contributed by atoms with Crippen LogP contribution in [0.25, 0.3) is 0 Å². The van der Waals surface area contributed by atoms with Crippen LogP contribution in [-0.4, -0.2) is 41.1 Å². The molecule has 100 valence electrons. The van der Waals surface area contributed by atoms with Crippen LogP contribution in [0.5, 0.6) is 0 Å². The Hall–Kier alpha value is -0.650. The van der Waals surface area contributed by atoms with Crippen molar-refractivity contribution < 1.29 is 9.90 Å². The number of hydrogen-bond donors (Lipinski definition) is 3. The van der Waals surface area contributed by atoms with E-state index in [0.29, 0.717) is 0 Å². The molecule has 2 atom stereocenters. The number of amides is 1. The Morgan fingerprint density at radius 1 is 1.53 bits per heavy atom. The van der Waals surface area contributed by atoms with E-state index < -0.39 is 0 Å². The molecule has 0 aromatic carbocycles. The average molecular weight is 243 g/mol. The summed E-state index contributed by atoms with van der Waals surface area (Å²) in [5.74, 6) is 5.11. The molecule has 1 saturated heterocycles. The Kier molecular flexibility index (Phi) is 6.47. The predicted octanol–water partition coefficient (Wildman–Crippen LogP) is 0.382. The molecule has 1 rings (SSSR count). The summed E-state index contributed by atoms with van der Waals surface area (Å²) in [5, 5.41) is 9.45. The number of aliphatic hydroxyl groups excluding tert-OH is 1. The molecule has 1 fully saturated rings. The molecule has 1 amide bonds. The Labute approximate surface area is 103 Å². The van der Waals surface area contributed by atoms with Crippen LogP contribution in [0.1, 0.15) is 45.4 Å². The lowest BCUT2D eigenvalue weighted by Gasteiger charge is -2.34. The minimum Gasteiger partial charge on any atom is -0.395 e. The lowest BCUT2D eigenvalue weighted by molar-refractivity contribution is -0.128. The van der Waals surface area contributed by atoms with Crippen LogP contribution in [0.3, 0.4) is 0 Å². The predicted molar refractivity (Wildman–Crippen MR) is 67.1 cm³/mol. The van der Waals surface area contributed by atoms with Gasteiger partial charge in [-0.05, 0) is 25.8 Å². The minimum absolute atomic E-state index is 0.103. The van der Waals surface area contributed by atoms with Crippen molar-refractivity contribution in [2.75, 3.05) is 13.2 Å². The van der Waals surface area contributed by atoms with Gasteiger partial charge in [0.1, 0.15) is 0 Å². The number of carbonyl (C=O) groups is 1. The van der Waals surface area contributed by atoms with E-state index in [4.69, 9.17) is 5.84 Å². The van der Waals surface area contributed by atoms with Crippen molar-refractivity contribution in [2.24, 2.45) is 5.84 Å². The highest BCUT2D eigenvalue weighted by Crippen LogP contribution is 2.21. The Bertz CT molecular complexity index is 236. The fraction of sp³-hybridized carbons (Fsp3) is 0.917. The summed E-state index contributed by atoms with van der Waals surface area (Å²) in [6.45, 7) is 3.06. The molecule has 0 aliphatic carbocycles. The first-order valence-corrected chi connectivity index (χ1v) is 6.61. The highest BCUT2D eigenvalue weighted by molar-refractivity contribution is 5.81. The Morgan fingerprint density at radius 2 is 2.29 bits per heavy atom. The van der Waals surface area contributed by atoms with Gasteiger partial charge in [0, 0.05) is 6.04 Å². The molecule has 1 aliphatic rings. The molecule has 0 radical (unpaired) electrons. The van der Waals surface area contributed by atoms with Crippen molar-refractivity contribution in [3.8, 4) is 0 Å². The van der Waals surface area contributed by atoms with E-state index in [1.54, 1.807) is 0 Å². The monoisotopic (exact) mass is 243 g/mol. The van der Waals surface area contributed by atoms with E-state index >= 15 is 0 Å². The van der Waals surface area contributed by atoms with Gasteiger partial charge < -0.3 is 5.11 Å². The topological polar surface area (TPSA) is 78.6 Å². The van der Waals surface area contributed by atoms with Gasteiger partial charge in [-0.15, -0.1) is 0 Å². The van der Waals surface area contributed by atoms with E-state index in [9.17, 15) is 9.90 Å². The molecule has 2 unspecified atom stereocenters. The van der Waals surface area contributed by atoms with Crippen LogP contribution in [-0.2, 0) is 4.79 Å². The van der Waals surface area contributed by atoms with E-state index in [1.807, 2.05) is 0 Å². The van der Waals surface area contributed by atoms with E-state index in [1.165, 1.54) is 6.42 Å². The van der Waals surface area contributed by atoms with Crippen LogP contribution in [0.4, 0.5) is 0 Å². The second-order valence-corrected chi connectivity index (χ2v) is 4.74. The van der Waals surface area contributed by atoms with Gasteiger partial charge in [-0.25, -0.2) is 5.84 Å². The third-order valence-electron chi connectivity index (χ3n) is 3.54. The van der Waals surface area contributed by atoms with Crippen LogP contribution in [0.15, 0.2) is 0 Å². The van der Waals surface area contributed by atoms with Crippen molar-refractivity contribution in [1.29, 1.82) is 0 Å². The number of nitrogens with zero attached hydrogens (tertiary/aromatic N) is 1. The number of aliphatic hydroxyl groups is 1. The number of hydrazine groups is 1. The van der Waals surface area contributed by atoms with Crippen molar-refractivity contribution in [3.63, 3.8) is 0 Å². The largest absolute Gasteiger partial charge is 0.395 e. The molecule has 0 aromatic rings.